The number of amides is 2. The number of rotatable bonds is 5. The number of fused-ring (bicyclic) bond motifs is 1. The van der Waals surface area contributed by atoms with Gasteiger partial charge in [-0.05, 0) is 42.9 Å². The van der Waals surface area contributed by atoms with E-state index in [-0.39, 0.29) is 6.03 Å². The molecule has 2 aliphatic rings. The minimum atomic E-state index is 0.0867. The Bertz CT molecular complexity index is 547. The molecule has 1 saturated heterocycles. The fourth-order valence-electron chi connectivity index (χ4n) is 3.69. The van der Waals surface area contributed by atoms with Crippen LogP contribution < -0.4 is 14.8 Å². The maximum Gasteiger partial charge on any atom is 0.317 e. The number of carbonyl (C=O) groups is 1. The number of ether oxygens (including phenoxy) is 2. The molecule has 1 aliphatic heterocycles. The zero-order chi connectivity index (χ0) is 15.5. The molecule has 0 spiro atoms. The molecule has 1 aliphatic carbocycles. The molecule has 2 fully saturated rings. The Hall–Kier alpha value is -1.91. The molecule has 1 N–H and O–H groups in total. The third kappa shape index (κ3) is 2.85. The molecule has 1 heterocycles. The molecule has 2 atom stereocenters. The van der Waals surface area contributed by atoms with Crippen LogP contribution in [0.5, 0.6) is 11.5 Å². The van der Waals surface area contributed by atoms with Crippen molar-refractivity contribution in [1.29, 1.82) is 0 Å². The first kappa shape index (κ1) is 15.0. The molecular formula is C17H24N2O3. The van der Waals surface area contributed by atoms with Gasteiger partial charge in [-0.15, -0.1) is 0 Å². The highest BCUT2D eigenvalue weighted by Crippen LogP contribution is 2.32. The molecule has 1 aromatic carbocycles. The normalized spacial score (nSPS) is 23.9. The average molecular weight is 304 g/mol. The van der Waals surface area contributed by atoms with Gasteiger partial charge in [0.15, 0.2) is 11.5 Å². The van der Waals surface area contributed by atoms with Crippen molar-refractivity contribution >= 4 is 6.03 Å². The van der Waals surface area contributed by atoms with Crippen LogP contribution >= 0.6 is 0 Å². The van der Waals surface area contributed by atoms with E-state index in [1.807, 2.05) is 23.1 Å². The second kappa shape index (κ2) is 6.46. The number of benzene rings is 1. The number of hydrogen-bond acceptors (Lipinski definition) is 3. The van der Waals surface area contributed by atoms with Crippen molar-refractivity contribution in [2.75, 3.05) is 27.3 Å². The summed E-state index contributed by atoms with van der Waals surface area (Å²) >= 11 is 0. The number of nitrogens with zero attached hydrogens (tertiary/aromatic N) is 1. The molecular weight excluding hydrogens is 280 g/mol. The lowest BCUT2D eigenvalue weighted by molar-refractivity contribution is 0.135. The van der Waals surface area contributed by atoms with Crippen LogP contribution in [-0.4, -0.2) is 44.3 Å². The Morgan fingerprint density at radius 2 is 2.05 bits per heavy atom. The number of carbonyl (C=O) groups excluding carboxylic acids is 1. The van der Waals surface area contributed by atoms with E-state index in [4.69, 9.17) is 9.47 Å². The van der Waals surface area contributed by atoms with E-state index in [0.29, 0.717) is 12.0 Å². The SMILES string of the molecule is COc1ccc(CCN2C(=O)NC[C@@H]3CCC[C@@H]32)cc1OC. The molecule has 1 saturated carbocycles. The van der Waals surface area contributed by atoms with Gasteiger partial charge in [0.2, 0.25) is 0 Å². The Morgan fingerprint density at radius 1 is 1.23 bits per heavy atom. The van der Waals surface area contributed by atoms with Crippen LogP contribution in [0, 0.1) is 5.92 Å². The van der Waals surface area contributed by atoms with Crippen LogP contribution in [0.25, 0.3) is 0 Å². The zero-order valence-corrected chi connectivity index (χ0v) is 13.3. The molecule has 0 bridgehead atoms. The monoisotopic (exact) mass is 304 g/mol. The van der Waals surface area contributed by atoms with Gasteiger partial charge in [-0.1, -0.05) is 12.5 Å². The van der Waals surface area contributed by atoms with Gasteiger partial charge in [-0.25, -0.2) is 4.79 Å². The lowest BCUT2D eigenvalue weighted by Crippen LogP contribution is -2.55. The first-order chi connectivity index (χ1) is 10.7. The van der Waals surface area contributed by atoms with Gasteiger partial charge >= 0.3 is 6.03 Å². The van der Waals surface area contributed by atoms with Crippen molar-refractivity contribution in [1.82, 2.24) is 10.2 Å². The summed E-state index contributed by atoms with van der Waals surface area (Å²) in [5.74, 6) is 2.10. The summed E-state index contributed by atoms with van der Waals surface area (Å²) in [5, 5.41) is 3.02. The van der Waals surface area contributed by atoms with Crippen LogP contribution in [-0.2, 0) is 6.42 Å². The molecule has 5 heteroatoms. The number of urea groups is 1. The van der Waals surface area contributed by atoms with E-state index in [1.165, 1.54) is 12.8 Å². The number of nitrogens with one attached hydrogen (secondary N) is 1. The smallest absolute Gasteiger partial charge is 0.317 e. The van der Waals surface area contributed by atoms with E-state index < -0.39 is 0 Å². The van der Waals surface area contributed by atoms with Gasteiger partial charge in [-0.2, -0.15) is 0 Å². The summed E-state index contributed by atoms with van der Waals surface area (Å²) < 4.78 is 10.6. The Kier molecular flexibility index (Phi) is 4.41. The minimum absolute atomic E-state index is 0.0867. The maximum absolute atomic E-state index is 12.2. The lowest BCUT2D eigenvalue weighted by atomic mass is 9.99. The average Bonchev–Trinajstić information content (AvgIpc) is 3.02. The first-order valence-electron chi connectivity index (χ1n) is 7.98. The van der Waals surface area contributed by atoms with Crippen molar-refractivity contribution in [3.05, 3.63) is 23.8 Å². The third-order valence-electron chi connectivity index (χ3n) is 4.88. The highest BCUT2D eigenvalue weighted by atomic mass is 16.5. The minimum Gasteiger partial charge on any atom is -0.493 e. The van der Waals surface area contributed by atoms with Crippen molar-refractivity contribution in [3.8, 4) is 11.5 Å². The maximum atomic E-state index is 12.2. The molecule has 0 aromatic heterocycles. The van der Waals surface area contributed by atoms with Crippen molar-refractivity contribution in [3.63, 3.8) is 0 Å². The van der Waals surface area contributed by atoms with Gasteiger partial charge < -0.3 is 19.7 Å². The van der Waals surface area contributed by atoms with Crippen molar-refractivity contribution in [2.24, 2.45) is 5.92 Å². The molecule has 0 unspecified atom stereocenters. The molecule has 120 valence electrons. The standard InChI is InChI=1S/C17H24N2O3/c1-21-15-7-6-12(10-16(15)22-2)8-9-19-14-5-3-4-13(14)11-18-17(19)20/h6-7,10,13-14H,3-5,8-9,11H2,1-2H3,(H,18,20)/t13-,14-/m0/s1. The van der Waals surface area contributed by atoms with E-state index in [0.717, 1.165) is 43.0 Å². The van der Waals surface area contributed by atoms with Crippen LogP contribution in [0.15, 0.2) is 18.2 Å². The number of hydrogen-bond donors (Lipinski definition) is 1. The second-order valence-corrected chi connectivity index (χ2v) is 6.08. The quantitative estimate of drug-likeness (QED) is 0.909. The third-order valence-corrected chi connectivity index (χ3v) is 4.88. The van der Waals surface area contributed by atoms with Gasteiger partial charge in [0, 0.05) is 19.1 Å². The van der Waals surface area contributed by atoms with Gasteiger partial charge in [0.05, 0.1) is 14.2 Å². The van der Waals surface area contributed by atoms with E-state index in [2.05, 4.69) is 5.32 Å². The fourth-order valence-corrected chi connectivity index (χ4v) is 3.69. The zero-order valence-electron chi connectivity index (χ0n) is 13.3. The topological polar surface area (TPSA) is 50.8 Å². The molecule has 22 heavy (non-hydrogen) atoms. The van der Waals surface area contributed by atoms with Gasteiger partial charge in [0.25, 0.3) is 0 Å². The molecule has 3 rings (SSSR count). The van der Waals surface area contributed by atoms with E-state index in [1.54, 1.807) is 14.2 Å². The Morgan fingerprint density at radius 3 is 2.82 bits per heavy atom. The first-order valence-corrected chi connectivity index (χ1v) is 7.98. The van der Waals surface area contributed by atoms with Crippen LogP contribution in [0.1, 0.15) is 24.8 Å². The van der Waals surface area contributed by atoms with Crippen LogP contribution in [0.4, 0.5) is 4.79 Å². The number of methoxy groups -OCH3 is 2. The highest BCUT2D eigenvalue weighted by Gasteiger charge is 2.38. The molecule has 1 aromatic rings. The molecule has 0 radical (unpaired) electrons. The summed E-state index contributed by atoms with van der Waals surface area (Å²) in [6.45, 7) is 1.60. The highest BCUT2D eigenvalue weighted by molar-refractivity contribution is 5.75. The van der Waals surface area contributed by atoms with Crippen molar-refractivity contribution in [2.45, 2.75) is 31.7 Å². The summed E-state index contributed by atoms with van der Waals surface area (Å²) in [4.78, 5) is 14.2. The largest absolute Gasteiger partial charge is 0.493 e. The predicted octanol–water partition coefficient (Wildman–Crippen LogP) is 2.44. The summed E-state index contributed by atoms with van der Waals surface area (Å²) in [7, 11) is 3.28. The lowest BCUT2D eigenvalue weighted by Gasteiger charge is -2.38. The predicted molar refractivity (Wildman–Crippen MR) is 84.5 cm³/mol. The Labute approximate surface area is 131 Å². The van der Waals surface area contributed by atoms with Gasteiger partial charge in [0.1, 0.15) is 0 Å². The summed E-state index contributed by atoms with van der Waals surface area (Å²) in [6, 6.07) is 6.46. The Balaban J connectivity index is 1.67. The summed E-state index contributed by atoms with van der Waals surface area (Å²) in [5.41, 5.74) is 1.16. The summed E-state index contributed by atoms with van der Waals surface area (Å²) in [6.07, 6.45) is 4.44. The molecule has 5 nitrogen and oxygen atoms in total. The van der Waals surface area contributed by atoms with E-state index >= 15 is 0 Å². The van der Waals surface area contributed by atoms with Crippen molar-refractivity contribution < 1.29 is 14.3 Å². The second-order valence-electron chi connectivity index (χ2n) is 6.08. The van der Waals surface area contributed by atoms with E-state index in [9.17, 15) is 4.79 Å². The van der Waals surface area contributed by atoms with Crippen LogP contribution in [0.3, 0.4) is 0 Å². The fraction of sp³-hybridized carbons (Fsp3) is 0.588. The van der Waals surface area contributed by atoms with Crippen LogP contribution in [0.2, 0.25) is 0 Å². The van der Waals surface area contributed by atoms with Gasteiger partial charge in [-0.3, -0.25) is 0 Å². The molecule has 2 amide bonds.